The average Bonchev–Trinajstić information content (AvgIpc) is 2.87. The molecule has 2 atom stereocenters. The highest BCUT2D eigenvalue weighted by atomic mass is 15.2. The van der Waals surface area contributed by atoms with Gasteiger partial charge in [0.2, 0.25) is 0 Å². The van der Waals surface area contributed by atoms with Crippen molar-refractivity contribution in [1.82, 2.24) is 4.98 Å². The van der Waals surface area contributed by atoms with Crippen molar-refractivity contribution in [3.63, 3.8) is 0 Å². The molecule has 0 aliphatic carbocycles. The molecule has 0 amide bonds. The molecule has 0 spiro atoms. The van der Waals surface area contributed by atoms with E-state index >= 15 is 0 Å². The van der Waals surface area contributed by atoms with Gasteiger partial charge in [-0.25, -0.2) is 0 Å². The molecule has 1 fully saturated rings. The van der Waals surface area contributed by atoms with E-state index in [-0.39, 0.29) is 6.04 Å². The van der Waals surface area contributed by atoms with Crippen LogP contribution in [0.5, 0.6) is 0 Å². The predicted octanol–water partition coefficient (Wildman–Crippen LogP) is 2.73. The molecule has 1 aliphatic heterocycles. The topological polar surface area (TPSA) is 42.1 Å². The first-order chi connectivity index (χ1) is 8.24. The van der Waals surface area contributed by atoms with Gasteiger partial charge in [0.25, 0.3) is 0 Å². The fourth-order valence-corrected chi connectivity index (χ4v) is 2.41. The molecular formula is C14H23N3. The first kappa shape index (κ1) is 12.4. The first-order valence-electron chi connectivity index (χ1n) is 6.71. The Hall–Kier alpha value is -1.09. The second-order valence-electron chi connectivity index (χ2n) is 4.96. The third kappa shape index (κ3) is 2.78. The van der Waals surface area contributed by atoms with Crippen molar-refractivity contribution in [2.75, 3.05) is 18.0 Å². The van der Waals surface area contributed by atoms with E-state index in [2.05, 4.69) is 35.9 Å². The zero-order valence-corrected chi connectivity index (χ0v) is 10.9. The Balaban J connectivity index is 2.03. The van der Waals surface area contributed by atoms with Crippen molar-refractivity contribution >= 4 is 5.69 Å². The summed E-state index contributed by atoms with van der Waals surface area (Å²) >= 11 is 0. The summed E-state index contributed by atoms with van der Waals surface area (Å²) < 4.78 is 0. The Morgan fingerprint density at radius 3 is 2.82 bits per heavy atom. The van der Waals surface area contributed by atoms with Gasteiger partial charge in [0, 0.05) is 19.1 Å². The van der Waals surface area contributed by atoms with Crippen LogP contribution in [-0.4, -0.2) is 18.1 Å². The van der Waals surface area contributed by atoms with E-state index in [9.17, 15) is 0 Å². The quantitative estimate of drug-likeness (QED) is 0.869. The highest BCUT2D eigenvalue weighted by molar-refractivity contribution is 5.45. The Morgan fingerprint density at radius 1 is 1.47 bits per heavy atom. The van der Waals surface area contributed by atoms with E-state index in [4.69, 9.17) is 5.73 Å². The van der Waals surface area contributed by atoms with Crippen LogP contribution >= 0.6 is 0 Å². The van der Waals surface area contributed by atoms with Crippen molar-refractivity contribution in [3.8, 4) is 0 Å². The predicted molar refractivity (Wildman–Crippen MR) is 72.1 cm³/mol. The lowest BCUT2D eigenvalue weighted by atomic mass is 10.1. The Bertz CT molecular complexity index is 347. The van der Waals surface area contributed by atoms with Crippen LogP contribution in [-0.2, 0) is 0 Å². The first-order valence-corrected chi connectivity index (χ1v) is 6.71. The van der Waals surface area contributed by atoms with Gasteiger partial charge in [0.15, 0.2) is 0 Å². The van der Waals surface area contributed by atoms with Gasteiger partial charge >= 0.3 is 0 Å². The van der Waals surface area contributed by atoms with Crippen LogP contribution in [0.15, 0.2) is 18.3 Å². The number of nitrogens with two attached hydrogens (primary N) is 1. The largest absolute Gasteiger partial charge is 0.370 e. The maximum absolute atomic E-state index is 5.97. The number of anilines is 1. The lowest BCUT2D eigenvalue weighted by Crippen LogP contribution is -2.20. The van der Waals surface area contributed by atoms with E-state index in [1.165, 1.54) is 31.6 Å². The zero-order chi connectivity index (χ0) is 12.3. The minimum absolute atomic E-state index is 0.0750. The standard InChI is InChI=1S/C14H23N3/c1-3-11-7-8-17(10-11)12-5-6-14(16-9-12)13(15)4-2/h5-6,9,11,13H,3-4,7-8,10,15H2,1-2H3/t11?,13-/m1/s1. The van der Waals surface area contributed by atoms with Gasteiger partial charge in [0.05, 0.1) is 17.6 Å². The van der Waals surface area contributed by atoms with Gasteiger partial charge in [-0.3, -0.25) is 4.98 Å². The van der Waals surface area contributed by atoms with Crippen LogP contribution in [0.25, 0.3) is 0 Å². The molecule has 94 valence electrons. The molecule has 1 aliphatic rings. The molecule has 2 rings (SSSR count). The van der Waals surface area contributed by atoms with Crippen molar-refractivity contribution in [3.05, 3.63) is 24.0 Å². The van der Waals surface area contributed by atoms with E-state index in [1.807, 2.05) is 6.20 Å². The Morgan fingerprint density at radius 2 is 2.29 bits per heavy atom. The lowest BCUT2D eigenvalue weighted by Gasteiger charge is -2.19. The fourth-order valence-electron chi connectivity index (χ4n) is 2.41. The molecule has 2 heterocycles. The molecule has 1 saturated heterocycles. The summed E-state index contributed by atoms with van der Waals surface area (Å²) in [4.78, 5) is 6.91. The molecular weight excluding hydrogens is 210 g/mol. The molecule has 1 aromatic heterocycles. The minimum Gasteiger partial charge on any atom is -0.370 e. The summed E-state index contributed by atoms with van der Waals surface area (Å²) in [5, 5.41) is 0. The molecule has 3 nitrogen and oxygen atoms in total. The molecule has 17 heavy (non-hydrogen) atoms. The monoisotopic (exact) mass is 233 g/mol. The van der Waals surface area contributed by atoms with E-state index in [0.29, 0.717) is 0 Å². The van der Waals surface area contributed by atoms with Crippen molar-refractivity contribution in [2.24, 2.45) is 11.7 Å². The van der Waals surface area contributed by atoms with Crippen LogP contribution in [0, 0.1) is 5.92 Å². The molecule has 2 N–H and O–H groups in total. The molecule has 0 bridgehead atoms. The third-order valence-electron chi connectivity index (χ3n) is 3.82. The van der Waals surface area contributed by atoms with E-state index in [0.717, 1.165) is 18.0 Å². The van der Waals surface area contributed by atoms with Crippen LogP contribution in [0.2, 0.25) is 0 Å². The summed E-state index contributed by atoms with van der Waals surface area (Å²) in [7, 11) is 0. The van der Waals surface area contributed by atoms with Crippen LogP contribution in [0.1, 0.15) is 44.8 Å². The molecule has 0 saturated carbocycles. The number of hydrogen-bond donors (Lipinski definition) is 1. The van der Waals surface area contributed by atoms with Crippen molar-refractivity contribution in [2.45, 2.75) is 39.2 Å². The summed E-state index contributed by atoms with van der Waals surface area (Å²) in [5.41, 5.74) is 8.21. The number of pyridine rings is 1. The number of rotatable bonds is 4. The second-order valence-corrected chi connectivity index (χ2v) is 4.96. The van der Waals surface area contributed by atoms with Crippen molar-refractivity contribution < 1.29 is 0 Å². The van der Waals surface area contributed by atoms with Gasteiger partial charge in [0.1, 0.15) is 0 Å². The molecule has 1 aromatic rings. The summed E-state index contributed by atoms with van der Waals surface area (Å²) in [6.07, 6.45) is 5.51. The second kappa shape index (κ2) is 5.50. The maximum Gasteiger partial charge on any atom is 0.0572 e. The zero-order valence-electron chi connectivity index (χ0n) is 10.9. The van der Waals surface area contributed by atoms with E-state index < -0.39 is 0 Å². The van der Waals surface area contributed by atoms with Gasteiger partial charge in [-0.15, -0.1) is 0 Å². The fraction of sp³-hybridized carbons (Fsp3) is 0.643. The van der Waals surface area contributed by atoms with Gasteiger partial charge < -0.3 is 10.6 Å². The normalized spacial score (nSPS) is 21.8. The number of nitrogens with zero attached hydrogens (tertiary/aromatic N) is 2. The maximum atomic E-state index is 5.97. The van der Waals surface area contributed by atoms with Crippen LogP contribution < -0.4 is 10.6 Å². The van der Waals surface area contributed by atoms with Crippen LogP contribution in [0.3, 0.4) is 0 Å². The van der Waals surface area contributed by atoms with Gasteiger partial charge in [-0.05, 0) is 30.9 Å². The average molecular weight is 233 g/mol. The molecule has 0 radical (unpaired) electrons. The van der Waals surface area contributed by atoms with Gasteiger partial charge in [-0.2, -0.15) is 0 Å². The third-order valence-corrected chi connectivity index (χ3v) is 3.82. The smallest absolute Gasteiger partial charge is 0.0572 e. The minimum atomic E-state index is 0.0750. The highest BCUT2D eigenvalue weighted by Gasteiger charge is 2.21. The Labute approximate surface area is 104 Å². The highest BCUT2D eigenvalue weighted by Crippen LogP contribution is 2.25. The lowest BCUT2D eigenvalue weighted by molar-refractivity contribution is 0.569. The van der Waals surface area contributed by atoms with Gasteiger partial charge in [-0.1, -0.05) is 20.3 Å². The summed E-state index contributed by atoms with van der Waals surface area (Å²) in [6, 6.07) is 4.31. The molecule has 0 aromatic carbocycles. The summed E-state index contributed by atoms with van der Waals surface area (Å²) in [6.45, 7) is 6.71. The SMILES string of the molecule is CCC1CCN(c2ccc([C@H](N)CC)nc2)C1. The Kier molecular flexibility index (Phi) is 4.00. The number of hydrogen-bond acceptors (Lipinski definition) is 3. The van der Waals surface area contributed by atoms with Crippen molar-refractivity contribution in [1.29, 1.82) is 0 Å². The number of aromatic nitrogens is 1. The molecule has 1 unspecified atom stereocenters. The van der Waals surface area contributed by atoms with E-state index in [1.54, 1.807) is 0 Å². The summed E-state index contributed by atoms with van der Waals surface area (Å²) in [5.74, 6) is 0.854. The van der Waals surface area contributed by atoms with Crippen LogP contribution in [0.4, 0.5) is 5.69 Å². The molecule has 3 heteroatoms.